The highest BCUT2D eigenvalue weighted by Gasteiger charge is 2.26. The third-order valence-electron chi connectivity index (χ3n) is 5.54. The normalized spacial score (nSPS) is 12.2. The molecule has 0 spiro atoms. The van der Waals surface area contributed by atoms with E-state index in [0.717, 1.165) is 16.7 Å². The van der Waals surface area contributed by atoms with E-state index in [1.54, 1.807) is 13.0 Å². The zero-order valence-corrected chi connectivity index (χ0v) is 20.3. The lowest BCUT2D eigenvalue weighted by molar-refractivity contribution is -0.140. The summed E-state index contributed by atoms with van der Waals surface area (Å²) < 4.78 is 26.1. The number of hydrogen-bond acceptors (Lipinski definition) is 4. The zero-order chi connectivity index (χ0) is 23.9. The van der Waals surface area contributed by atoms with Crippen molar-refractivity contribution < 1.29 is 18.0 Å². The fraction of sp³-hybridized carbons (Fsp3) is 0.417. The number of aryl methyl sites for hydroxylation is 2. The van der Waals surface area contributed by atoms with Gasteiger partial charge in [0.05, 0.1) is 11.9 Å². The molecule has 0 saturated carbocycles. The van der Waals surface area contributed by atoms with E-state index >= 15 is 0 Å². The molecule has 174 valence electrons. The second-order valence-electron chi connectivity index (χ2n) is 8.00. The maximum atomic E-state index is 13.1. The maximum Gasteiger partial charge on any atom is 0.242 e. The lowest BCUT2D eigenvalue weighted by atomic mass is 10.1. The Labute approximate surface area is 191 Å². The van der Waals surface area contributed by atoms with Crippen LogP contribution in [-0.2, 0) is 26.2 Å². The van der Waals surface area contributed by atoms with Gasteiger partial charge in [-0.15, -0.1) is 0 Å². The van der Waals surface area contributed by atoms with Crippen molar-refractivity contribution >= 4 is 27.5 Å². The minimum absolute atomic E-state index is 0.130. The first-order valence-electron chi connectivity index (χ1n) is 10.6. The number of likely N-dealkylation sites (N-methyl/N-ethyl adjacent to an activating group) is 1. The van der Waals surface area contributed by atoms with Gasteiger partial charge in [-0.1, -0.05) is 36.4 Å². The van der Waals surface area contributed by atoms with Crippen LogP contribution in [0.25, 0.3) is 0 Å². The molecule has 0 radical (unpaired) electrons. The molecule has 1 atom stereocenters. The number of nitrogens with zero attached hydrogens (tertiary/aromatic N) is 2. The predicted molar refractivity (Wildman–Crippen MR) is 128 cm³/mol. The van der Waals surface area contributed by atoms with Crippen LogP contribution < -0.4 is 9.62 Å². The Balaban J connectivity index is 2.14. The topological polar surface area (TPSA) is 86.8 Å². The largest absolute Gasteiger partial charge is 0.357 e. The fourth-order valence-corrected chi connectivity index (χ4v) is 4.41. The smallest absolute Gasteiger partial charge is 0.242 e. The summed E-state index contributed by atoms with van der Waals surface area (Å²) in [6.07, 6.45) is 1.63. The average Bonchev–Trinajstić information content (AvgIpc) is 2.75. The van der Waals surface area contributed by atoms with Crippen molar-refractivity contribution in [3.63, 3.8) is 0 Å². The summed E-state index contributed by atoms with van der Waals surface area (Å²) in [4.78, 5) is 26.8. The first-order valence-corrected chi connectivity index (χ1v) is 12.5. The second-order valence-corrected chi connectivity index (χ2v) is 9.91. The molecule has 2 amide bonds. The quantitative estimate of drug-likeness (QED) is 0.592. The van der Waals surface area contributed by atoms with Crippen LogP contribution in [-0.4, -0.2) is 51.0 Å². The predicted octanol–water partition coefficient (Wildman–Crippen LogP) is 3.01. The van der Waals surface area contributed by atoms with Crippen molar-refractivity contribution in [2.24, 2.45) is 0 Å². The monoisotopic (exact) mass is 459 g/mol. The summed E-state index contributed by atoms with van der Waals surface area (Å²) in [6, 6.07) is 14.3. The minimum atomic E-state index is -3.50. The number of anilines is 1. The van der Waals surface area contributed by atoms with Crippen LogP contribution in [0.4, 0.5) is 5.69 Å². The Morgan fingerprint density at radius 3 is 2.25 bits per heavy atom. The molecule has 32 heavy (non-hydrogen) atoms. The van der Waals surface area contributed by atoms with E-state index in [4.69, 9.17) is 0 Å². The molecule has 0 aliphatic rings. The van der Waals surface area contributed by atoms with Gasteiger partial charge in [0.2, 0.25) is 21.8 Å². The number of amides is 2. The number of rotatable bonds is 10. The Morgan fingerprint density at radius 1 is 1.03 bits per heavy atom. The van der Waals surface area contributed by atoms with E-state index in [2.05, 4.69) is 5.32 Å². The van der Waals surface area contributed by atoms with Crippen LogP contribution in [0.5, 0.6) is 0 Å². The first kappa shape index (κ1) is 25.4. The Hall–Kier alpha value is -2.87. The molecule has 0 fully saturated rings. The van der Waals surface area contributed by atoms with Gasteiger partial charge >= 0.3 is 0 Å². The number of hydrogen-bond donors (Lipinski definition) is 1. The summed E-state index contributed by atoms with van der Waals surface area (Å²) in [6.45, 7) is 6.08. The van der Waals surface area contributed by atoms with Crippen molar-refractivity contribution in [1.82, 2.24) is 10.2 Å². The molecular formula is C24H33N3O4S. The Kier molecular flexibility index (Phi) is 8.83. The van der Waals surface area contributed by atoms with E-state index in [9.17, 15) is 18.0 Å². The molecule has 1 N–H and O–H groups in total. The summed E-state index contributed by atoms with van der Waals surface area (Å²) in [5, 5.41) is 2.59. The standard InChI is InChI=1S/C24H33N3O4S/c1-18-13-14-22(16-19(18)2)27(32(5,30)31)15-9-12-23(28)26(20(3)24(29)25-4)17-21-10-7-6-8-11-21/h6-8,10-11,13-14,16,20H,9,12,15,17H2,1-5H3,(H,25,29)/t20-/m0/s1. The summed E-state index contributed by atoms with van der Waals surface area (Å²) >= 11 is 0. The zero-order valence-electron chi connectivity index (χ0n) is 19.5. The van der Waals surface area contributed by atoms with E-state index in [1.807, 2.05) is 56.3 Å². The molecule has 2 aromatic carbocycles. The number of benzene rings is 2. The Morgan fingerprint density at radius 2 is 1.69 bits per heavy atom. The van der Waals surface area contributed by atoms with E-state index in [1.165, 1.54) is 22.5 Å². The highest BCUT2D eigenvalue weighted by atomic mass is 32.2. The van der Waals surface area contributed by atoms with Crippen molar-refractivity contribution in [3.8, 4) is 0 Å². The average molecular weight is 460 g/mol. The summed E-state index contributed by atoms with van der Waals surface area (Å²) in [7, 11) is -1.96. The van der Waals surface area contributed by atoms with E-state index in [-0.39, 0.29) is 24.8 Å². The maximum absolute atomic E-state index is 13.1. The van der Waals surface area contributed by atoms with Crippen LogP contribution in [0.15, 0.2) is 48.5 Å². The van der Waals surface area contributed by atoms with Crippen LogP contribution in [0.2, 0.25) is 0 Å². The van der Waals surface area contributed by atoms with Crippen LogP contribution >= 0.6 is 0 Å². The third kappa shape index (κ3) is 6.82. The highest BCUT2D eigenvalue weighted by molar-refractivity contribution is 7.92. The molecule has 0 aliphatic heterocycles. The molecule has 2 aromatic rings. The van der Waals surface area contributed by atoms with Crippen molar-refractivity contribution in [3.05, 3.63) is 65.2 Å². The summed E-state index contributed by atoms with van der Waals surface area (Å²) in [5.74, 6) is -0.444. The lowest BCUT2D eigenvalue weighted by Gasteiger charge is -2.29. The van der Waals surface area contributed by atoms with E-state index < -0.39 is 16.1 Å². The van der Waals surface area contributed by atoms with Gasteiger partial charge in [-0.25, -0.2) is 8.42 Å². The van der Waals surface area contributed by atoms with Crippen LogP contribution in [0.3, 0.4) is 0 Å². The first-order chi connectivity index (χ1) is 15.0. The number of carbonyl (C=O) groups is 2. The third-order valence-corrected chi connectivity index (χ3v) is 6.73. The molecule has 0 aromatic heterocycles. The van der Waals surface area contributed by atoms with Crippen molar-refractivity contribution in [2.75, 3.05) is 24.2 Å². The van der Waals surface area contributed by atoms with Crippen molar-refractivity contribution in [2.45, 2.75) is 46.2 Å². The molecule has 0 unspecified atom stereocenters. The number of carbonyl (C=O) groups excluding carboxylic acids is 2. The van der Waals surface area contributed by atoms with Gasteiger partial charge in [0.1, 0.15) is 6.04 Å². The SMILES string of the molecule is CNC(=O)[C@H](C)N(Cc1ccccc1)C(=O)CCCN(c1ccc(C)c(C)c1)S(C)(=O)=O. The van der Waals surface area contributed by atoms with Gasteiger partial charge in [0.25, 0.3) is 0 Å². The van der Waals surface area contributed by atoms with Crippen LogP contribution in [0.1, 0.15) is 36.5 Å². The van der Waals surface area contributed by atoms with Gasteiger partial charge in [-0.2, -0.15) is 0 Å². The van der Waals surface area contributed by atoms with Gasteiger partial charge in [0, 0.05) is 26.6 Å². The highest BCUT2D eigenvalue weighted by Crippen LogP contribution is 2.22. The molecular weight excluding hydrogens is 426 g/mol. The van der Waals surface area contributed by atoms with Gasteiger partial charge in [0.15, 0.2) is 0 Å². The summed E-state index contributed by atoms with van der Waals surface area (Å²) in [5.41, 5.74) is 3.59. The second kappa shape index (κ2) is 11.1. The number of nitrogens with one attached hydrogen (secondary N) is 1. The van der Waals surface area contributed by atoms with Gasteiger partial charge in [-0.3, -0.25) is 13.9 Å². The van der Waals surface area contributed by atoms with Gasteiger partial charge < -0.3 is 10.2 Å². The molecule has 0 heterocycles. The molecule has 8 heteroatoms. The molecule has 0 aliphatic carbocycles. The van der Waals surface area contributed by atoms with E-state index in [0.29, 0.717) is 18.7 Å². The minimum Gasteiger partial charge on any atom is -0.357 e. The number of sulfonamides is 1. The molecule has 2 rings (SSSR count). The van der Waals surface area contributed by atoms with Crippen LogP contribution in [0, 0.1) is 13.8 Å². The molecule has 7 nitrogen and oxygen atoms in total. The van der Waals surface area contributed by atoms with Crippen molar-refractivity contribution in [1.29, 1.82) is 0 Å². The molecule has 0 saturated heterocycles. The fourth-order valence-electron chi connectivity index (χ4n) is 3.46. The molecule has 0 bridgehead atoms. The lowest BCUT2D eigenvalue weighted by Crippen LogP contribution is -2.46. The Bertz CT molecular complexity index is 1040. The van der Waals surface area contributed by atoms with Gasteiger partial charge in [-0.05, 0) is 56.0 Å².